The zero-order valence-electron chi connectivity index (χ0n) is 9.93. The van der Waals surface area contributed by atoms with Crippen LogP contribution < -0.4 is 4.74 Å². The number of ether oxygens (including phenoxy) is 1. The van der Waals surface area contributed by atoms with E-state index in [0.29, 0.717) is 17.9 Å². The second-order valence-electron chi connectivity index (χ2n) is 3.63. The Labute approximate surface area is 107 Å². The van der Waals surface area contributed by atoms with Crippen LogP contribution in [0.25, 0.3) is 0 Å². The average molecular weight is 255 g/mol. The van der Waals surface area contributed by atoms with Gasteiger partial charge in [0.25, 0.3) is 0 Å². The van der Waals surface area contributed by atoms with E-state index in [-0.39, 0.29) is 11.7 Å². The van der Waals surface area contributed by atoms with Crippen LogP contribution >= 0.6 is 11.6 Å². The van der Waals surface area contributed by atoms with Crippen LogP contribution in [-0.4, -0.2) is 12.5 Å². The van der Waals surface area contributed by atoms with E-state index in [1.54, 1.807) is 12.1 Å². The molecule has 0 unspecified atom stereocenters. The number of unbranched alkanes of at least 4 members (excludes halogenated alkanes) is 2. The molecule has 0 saturated heterocycles. The lowest BCUT2D eigenvalue weighted by molar-refractivity contribution is 0.305. The molecule has 0 aliphatic rings. The number of rotatable bonds is 5. The Balaban J connectivity index is 2.56. The quantitative estimate of drug-likeness (QED) is 0.439. The van der Waals surface area contributed by atoms with Gasteiger partial charge >= 0.3 is 0 Å². The Morgan fingerprint density at radius 2 is 2.18 bits per heavy atom. The minimum absolute atomic E-state index is 0.203. The van der Waals surface area contributed by atoms with E-state index in [1.807, 2.05) is 0 Å². The van der Waals surface area contributed by atoms with Gasteiger partial charge in [0, 0.05) is 6.07 Å². The number of hydrogen-bond acceptors (Lipinski definition) is 1. The van der Waals surface area contributed by atoms with Crippen molar-refractivity contribution < 1.29 is 9.13 Å². The molecule has 0 amide bonds. The molecular formula is C14H16ClFO. The third-order valence-corrected chi connectivity index (χ3v) is 2.38. The van der Waals surface area contributed by atoms with Crippen LogP contribution in [0.3, 0.4) is 0 Å². The highest BCUT2D eigenvalue weighted by Crippen LogP contribution is 2.16. The largest absolute Gasteiger partial charge is 0.493 e. The molecule has 17 heavy (non-hydrogen) atoms. The standard InChI is InChI=1S/C14H16ClFO/c1-2-3-4-10-17-13-8-7-12(6-5-9-15)14(16)11-13/h7-8,11H,2-4,9-10H2,1H3. The predicted molar refractivity (Wildman–Crippen MR) is 69.0 cm³/mol. The summed E-state index contributed by atoms with van der Waals surface area (Å²) in [5.41, 5.74) is 0.353. The van der Waals surface area contributed by atoms with Crippen molar-refractivity contribution in [1.29, 1.82) is 0 Å². The third kappa shape index (κ3) is 5.10. The van der Waals surface area contributed by atoms with Crippen LogP contribution in [0.1, 0.15) is 31.7 Å². The van der Waals surface area contributed by atoms with Gasteiger partial charge in [-0.1, -0.05) is 31.6 Å². The van der Waals surface area contributed by atoms with E-state index >= 15 is 0 Å². The summed E-state index contributed by atoms with van der Waals surface area (Å²) in [5.74, 6) is 5.66. The van der Waals surface area contributed by atoms with Crippen molar-refractivity contribution in [3.8, 4) is 17.6 Å². The monoisotopic (exact) mass is 254 g/mol. The van der Waals surface area contributed by atoms with Crippen molar-refractivity contribution in [2.75, 3.05) is 12.5 Å². The Bertz CT molecular complexity index is 406. The first kappa shape index (κ1) is 13.9. The Morgan fingerprint density at radius 1 is 1.35 bits per heavy atom. The zero-order chi connectivity index (χ0) is 12.5. The van der Waals surface area contributed by atoms with Gasteiger partial charge in [-0.05, 0) is 18.6 Å². The molecule has 0 N–H and O–H groups in total. The summed E-state index contributed by atoms with van der Waals surface area (Å²) in [7, 11) is 0. The minimum atomic E-state index is -0.365. The van der Waals surface area contributed by atoms with Crippen molar-refractivity contribution in [3.63, 3.8) is 0 Å². The van der Waals surface area contributed by atoms with E-state index in [9.17, 15) is 4.39 Å². The van der Waals surface area contributed by atoms with Crippen molar-refractivity contribution in [2.24, 2.45) is 0 Å². The normalized spacial score (nSPS) is 9.59. The molecule has 0 spiro atoms. The van der Waals surface area contributed by atoms with Crippen LogP contribution in [0.15, 0.2) is 18.2 Å². The fraction of sp³-hybridized carbons (Fsp3) is 0.429. The number of benzene rings is 1. The summed E-state index contributed by atoms with van der Waals surface area (Å²) in [6.45, 7) is 2.75. The summed E-state index contributed by atoms with van der Waals surface area (Å²) in [6.07, 6.45) is 3.26. The SMILES string of the molecule is CCCCCOc1ccc(C#CCCl)c(F)c1. The van der Waals surface area contributed by atoms with Crippen LogP contribution in [0, 0.1) is 17.7 Å². The Hall–Kier alpha value is -1.20. The molecule has 0 fully saturated rings. The van der Waals surface area contributed by atoms with Gasteiger partial charge in [0.1, 0.15) is 11.6 Å². The van der Waals surface area contributed by atoms with E-state index in [2.05, 4.69) is 18.8 Å². The molecule has 1 aromatic rings. The van der Waals surface area contributed by atoms with Gasteiger partial charge in [-0.2, -0.15) is 0 Å². The van der Waals surface area contributed by atoms with E-state index in [1.165, 1.54) is 6.07 Å². The Kier molecular flexibility index (Phi) is 6.50. The topological polar surface area (TPSA) is 9.23 Å². The lowest BCUT2D eigenvalue weighted by Gasteiger charge is -2.06. The fourth-order valence-electron chi connectivity index (χ4n) is 1.36. The van der Waals surface area contributed by atoms with E-state index in [4.69, 9.17) is 16.3 Å². The molecule has 0 radical (unpaired) electrons. The van der Waals surface area contributed by atoms with Crippen molar-refractivity contribution in [3.05, 3.63) is 29.6 Å². The molecule has 3 heteroatoms. The highest BCUT2D eigenvalue weighted by molar-refractivity contribution is 6.19. The molecule has 0 heterocycles. The smallest absolute Gasteiger partial charge is 0.142 e. The van der Waals surface area contributed by atoms with Gasteiger partial charge in [0.15, 0.2) is 0 Å². The maximum absolute atomic E-state index is 13.5. The van der Waals surface area contributed by atoms with Gasteiger partial charge < -0.3 is 4.74 Å². The van der Waals surface area contributed by atoms with Gasteiger partial charge in [-0.15, -0.1) is 11.6 Å². The molecule has 1 rings (SSSR count). The van der Waals surface area contributed by atoms with Gasteiger partial charge in [0.05, 0.1) is 18.1 Å². The summed E-state index contributed by atoms with van der Waals surface area (Å²) in [6, 6.07) is 4.71. The first-order valence-corrected chi connectivity index (χ1v) is 6.28. The summed E-state index contributed by atoms with van der Waals surface area (Å²) < 4.78 is 19.0. The van der Waals surface area contributed by atoms with Crippen LogP contribution in [-0.2, 0) is 0 Å². The minimum Gasteiger partial charge on any atom is -0.493 e. The predicted octanol–water partition coefficient (Wildman–Crippen LogP) is 3.99. The molecule has 92 valence electrons. The molecule has 0 aliphatic carbocycles. The zero-order valence-corrected chi connectivity index (χ0v) is 10.7. The molecule has 0 saturated carbocycles. The summed E-state index contributed by atoms with van der Waals surface area (Å²) in [4.78, 5) is 0. The first-order valence-electron chi connectivity index (χ1n) is 5.75. The molecule has 0 atom stereocenters. The second-order valence-corrected chi connectivity index (χ2v) is 3.90. The van der Waals surface area contributed by atoms with Crippen LogP contribution in [0.2, 0.25) is 0 Å². The maximum Gasteiger partial charge on any atom is 0.142 e. The molecule has 1 nitrogen and oxygen atoms in total. The van der Waals surface area contributed by atoms with Crippen LogP contribution in [0.5, 0.6) is 5.75 Å². The van der Waals surface area contributed by atoms with Crippen molar-refractivity contribution >= 4 is 11.6 Å². The lowest BCUT2D eigenvalue weighted by Crippen LogP contribution is -1.97. The Morgan fingerprint density at radius 3 is 2.82 bits per heavy atom. The third-order valence-electron chi connectivity index (χ3n) is 2.25. The highest BCUT2D eigenvalue weighted by atomic mass is 35.5. The van der Waals surface area contributed by atoms with Gasteiger partial charge in [-0.3, -0.25) is 0 Å². The van der Waals surface area contributed by atoms with Gasteiger partial charge in [0.2, 0.25) is 0 Å². The van der Waals surface area contributed by atoms with Crippen molar-refractivity contribution in [2.45, 2.75) is 26.2 Å². The van der Waals surface area contributed by atoms with E-state index < -0.39 is 0 Å². The first-order chi connectivity index (χ1) is 8.27. The van der Waals surface area contributed by atoms with Gasteiger partial charge in [-0.25, -0.2) is 4.39 Å². The van der Waals surface area contributed by atoms with E-state index in [0.717, 1.165) is 19.3 Å². The molecular weight excluding hydrogens is 239 g/mol. The average Bonchev–Trinajstić information content (AvgIpc) is 2.34. The number of halogens is 2. The molecule has 0 aliphatic heterocycles. The molecule has 0 aromatic heterocycles. The molecule has 0 bridgehead atoms. The van der Waals surface area contributed by atoms with Crippen LogP contribution in [0.4, 0.5) is 4.39 Å². The fourth-order valence-corrected chi connectivity index (χ4v) is 1.42. The lowest BCUT2D eigenvalue weighted by atomic mass is 10.2. The summed E-state index contributed by atoms with van der Waals surface area (Å²) in [5, 5.41) is 0. The number of hydrogen-bond donors (Lipinski definition) is 0. The molecule has 1 aromatic carbocycles. The second kappa shape index (κ2) is 7.97. The summed E-state index contributed by atoms with van der Waals surface area (Å²) >= 11 is 5.41. The highest BCUT2D eigenvalue weighted by Gasteiger charge is 2.01. The number of alkyl halides is 1. The maximum atomic E-state index is 13.5. The van der Waals surface area contributed by atoms with Crippen molar-refractivity contribution in [1.82, 2.24) is 0 Å².